The molecule has 0 atom stereocenters. The van der Waals surface area contributed by atoms with Crippen LogP contribution in [0.25, 0.3) is 16.9 Å². The number of hydrogen-bond acceptors (Lipinski definition) is 3. The molecule has 0 radical (unpaired) electrons. The van der Waals surface area contributed by atoms with Crippen LogP contribution < -0.4 is 5.32 Å². The lowest BCUT2D eigenvalue weighted by atomic mass is 10.1. The average Bonchev–Trinajstić information content (AvgIpc) is 3.19. The summed E-state index contributed by atoms with van der Waals surface area (Å²) in [5.41, 5.74) is 4.82. The van der Waals surface area contributed by atoms with E-state index in [-0.39, 0.29) is 11.7 Å². The van der Waals surface area contributed by atoms with Crippen LogP contribution >= 0.6 is 35.0 Å². The van der Waals surface area contributed by atoms with Gasteiger partial charge in [0.15, 0.2) is 5.16 Å². The Hall–Kier alpha value is -2.73. The highest BCUT2D eigenvalue weighted by Gasteiger charge is 2.16. The zero-order chi connectivity index (χ0) is 21.8. The first-order valence-electron chi connectivity index (χ1n) is 9.58. The molecule has 0 aliphatic heterocycles. The maximum absolute atomic E-state index is 12.5. The molecular weight excluding hydrogens is 449 g/mol. The number of imidazole rings is 1. The molecule has 0 saturated heterocycles. The number of carbonyl (C=O) groups is 1. The molecule has 0 bridgehead atoms. The van der Waals surface area contributed by atoms with Gasteiger partial charge in [-0.2, -0.15) is 0 Å². The molecule has 3 aromatic carbocycles. The van der Waals surface area contributed by atoms with E-state index in [1.165, 1.54) is 17.3 Å². The van der Waals surface area contributed by atoms with E-state index in [1.54, 1.807) is 24.3 Å². The van der Waals surface area contributed by atoms with Gasteiger partial charge in [0.05, 0.1) is 17.6 Å². The normalized spacial score (nSPS) is 10.8. The fraction of sp³-hybridized carbons (Fsp3) is 0.0833. The van der Waals surface area contributed by atoms with Gasteiger partial charge in [-0.05, 0) is 55.5 Å². The first kappa shape index (κ1) is 21.5. The Balaban J connectivity index is 1.59. The fourth-order valence-corrected chi connectivity index (χ4v) is 4.11. The molecule has 7 heteroatoms. The summed E-state index contributed by atoms with van der Waals surface area (Å²) in [6.45, 7) is 2.06. The van der Waals surface area contributed by atoms with Gasteiger partial charge in [0.2, 0.25) is 5.91 Å². The van der Waals surface area contributed by atoms with E-state index in [0.717, 1.165) is 22.1 Å². The molecule has 1 N–H and O–H groups in total. The number of anilines is 1. The minimum Gasteiger partial charge on any atom is -0.325 e. The number of carbonyl (C=O) groups excluding carboxylic acids is 1. The first-order chi connectivity index (χ1) is 15.0. The first-order valence-corrected chi connectivity index (χ1v) is 11.3. The molecule has 1 amide bonds. The second-order valence-electron chi connectivity index (χ2n) is 6.95. The Bertz CT molecular complexity index is 1190. The van der Waals surface area contributed by atoms with Crippen molar-refractivity contribution in [3.8, 4) is 16.9 Å². The maximum Gasteiger partial charge on any atom is 0.234 e. The van der Waals surface area contributed by atoms with Crippen LogP contribution in [0.2, 0.25) is 10.0 Å². The van der Waals surface area contributed by atoms with E-state index < -0.39 is 0 Å². The molecule has 0 aliphatic carbocycles. The number of aromatic nitrogens is 2. The summed E-state index contributed by atoms with van der Waals surface area (Å²) in [4.78, 5) is 17.1. The van der Waals surface area contributed by atoms with Crippen LogP contribution in [0.4, 0.5) is 5.69 Å². The molecule has 1 heterocycles. The highest BCUT2D eigenvalue weighted by Crippen LogP contribution is 2.30. The SMILES string of the molecule is Cc1ccc(-c2cnc(SCC(=O)Nc3ccc(Cl)cc3)n2-c2ccc(Cl)cc2)cc1. The molecule has 4 rings (SSSR count). The number of hydrogen-bond donors (Lipinski definition) is 1. The van der Waals surface area contributed by atoms with Crippen LogP contribution in [0.3, 0.4) is 0 Å². The van der Waals surface area contributed by atoms with Crippen molar-refractivity contribution < 1.29 is 4.79 Å². The van der Waals surface area contributed by atoms with E-state index in [4.69, 9.17) is 23.2 Å². The number of nitrogens with one attached hydrogen (secondary N) is 1. The zero-order valence-corrected chi connectivity index (χ0v) is 19.0. The lowest BCUT2D eigenvalue weighted by molar-refractivity contribution is -0.113. The molecule has 4 aromatic rings. The predicted molar refractivity (Wildman–Crippen MR) is 130 cm³/mol. The van der Waals surface area contributed by atoms with Gasteiger partial charge in [-0.1, -0.05) is 64.8 Å². The Morgan fingerprint density at radius 3 is 2.19 bits per heavy atom. The van der Waals surface area contributed by atoms with Gasteiger partial charge in [-0.15, -0.1) is 0 Å². The third-order valence-electron chi connectivity index (χ3n) is 4.62. The van der Waals surface area contributed by atoms with E-state index in [1.807, 2.05) is 35.0 Å². The summed E-state index contributed by atoms with van der Waals surface area (Å²) in [6, 6.07) is 22.9. The van der Waals surface area contributed by atoms with E-state index in [2.05, 4.69) is 41.5 Å². The van der Waals surface area contributed by atoms with Crippen molar-refractivity contribution in [1.82, 2.24) is 9.55 Å². The number of amides is 1. The smallest absolute Gasteiger partial charge is 0.234 e. The van der Waals surface area contributed by atoms with Gasteiger partial charge in [0.25, 0.3) is 0 Å². The molecular formula is C24H19Cl2N3OS. The summed E-state index contributed by atoms with van der Waals surface area (Å²) < 4.78 is 2.04. The van der Waals surface area contributed by atoms with E-state index in [0.29, 0.717) is 15.7 Å². The van der Waals surface area contributed by atoms with Gasteiger partial charge in [0.1, 0.15) is 0 Å². The summed E-state index contributed by atoms with van der Waals surface area (Å²) in [7, 11) is 0. The second kappa shape index (κ2) is 9.60. The molecule has 156 valence electrons. The van der Waals surface area contributed by atoms with Crippen LogP contribution in [0.1, 0.15) is 5.56 Å². The summed E-state index contributed by atoms with van der Waals surface area (Å²) in [5.74, 6) is 0.107. The van der Waals surface area contributed by atoms with Crippen LogP contribution in [0.15, 0.2) is 84.1 Å². The van der Waals surface area contributed by atoms with Crippen LogP contribution in [-0.2, 0) is 4.79 Å². The fourth-order valence-electron chi connectivity index (χ4n) is 3.06. The number of halogens is 2. The third-order valence-corrected chi connectivity index (χ3v) is 6.08. The maximum atomic E-state index is 12.5. The summed E-state index contributed by atoms with van der Waals surface area (Å²) in [6.07, 6.45) is 1.83. The third kappa shape index (κ3) is 5.31. The highest BCUT2D eigenvalue weighted by molar-refractivity contribution is 7.99. The van der Waals surface area contributed by atoms with Gasteiger partial charge < -0.3 is 5.32 Å². The van der Waals surface area contributed by atoms with Crippen LogP contribution in [0, 0.1) is 6.92 Å². The van der Waals surface area contributed by atoms with E-state index in [9.17, 15) is 4.79 Å². The van der Waals surface area contributed by atoms with Crippen molar-refractivity contribution in [1.29, 1.82) is 0 Å². The average molecular weight is 468 g/mol. The molecule has 0 fully saturated rings. The minimum absolute atomic E-state index is 0.116. The van der Waals surface area contributed by atoms with E-state index >= 15 is 0 Å². The largest absolute Gasteiger partial charge is 0.325 e. The number of rotatable bonds is 6. The van der Waals surface area contributed by atoms with Crippen molar-refractivity contribution in [2.45, 2.75) is 12.1 Å². The molecule has 1 aromatic heterocycles. The van der Waals surface area contributed by atoms with Crippen molar-refractivity contribution >= 4 is 46.6 Å². The minimum atomic E-state index is -0.116. The van der Waals surface area contributed by atoms with Gasteiger partial charge >= 0.3 is 0 Å². The number of benzene rings is 3. The quantitative estimate of drug-likeness (QED) is 0.314. The molecule has 4 nitrogen and oxygen atoms in total. The Morgan fingerprint density at radius 2 is 1.55 bits per heavy atom. The lowest BCUT2D eigenvalue weighted by Crippen LogP contribution is -2.14. The zero-order valence-electron chi connectivity index (χ0n) is 16.7. The summed E-state index contributed by atoms with van der Waals surface area (Å²) >= 11 is 13.4. The molecule has 0 saturated carbocycles. The predicted octanol–water partition coefficient (Wildman–Crippen LogP) is 6.89. The monoisotopic (exact) mass is 467 g/mol. The van der Waals surface area contributed by atoms with Crippen molar-refractivity contribution in [3.63, 3.8) is 0 Å². The van der Waals surface area contributed by atoms with Crippen LogP contribution in [-0.4, -0.2) is 21.2 Å². The Kier molecular flexibility index (Phi) is 6.66. The Morgan fingerprint density at radius 1 is 0.935 bits per heavy atom. The Labute approximate surface area is 195 Å². The van der Waals surface area contributed by atoms with Crippen LogP contribution in [0.5, 0.6) is 0 Å². The molecule has 0 spiro atoms. The van der Waals surface area contributed by atoms with Crippen molar-refractivity contribution in [2.24, 2.45) is 0 Å². The standard InChI is InChI=1S/C24H19Cl2N3OS/c1-16-2-4-17(5-3-16)22-14-27-24(29(22)21-12-8-19(26)9-13-21)31-15-23(30)28-20-10-6-18(25)7-11-20/h2-14H,15H2,1H3,(H,28,30). The van der Waals surface area contributed by atoms with Gasteiger partial charge in [0, 0.05) is 27.0 Å². The van der Waals surface area contributed by atoms with Crippen molar-refractivity contribution in [3.05, 3.63) is 94.6 Å². The van der Waals surface area contributed by atoms with Crippen molar-refractivity contribution in [2.75, 3.05) is 11.1 Å². The molecule has 31 heavy (non-hydrogen) atoms. The number of aryl methyl sites for hydroxylation is 1. The second-order valence-corrected chi connectivity index (χ2v) is 8.76. The van der Waals surface area contributed by atoms with Gasteiger partial charge in [-0.25, -0.2) is 4.98 Å². The molecule has 0 unspecified atom stereocenters. The highest BCUT2D eigenvalue weighted by atomic mass is 35.5. The van der Waals surface area contributed by atoms with Gasteiger partial charge in [-0.3, -0.25) is 9.36 Å². The lowest BCUT2D eigenvalue weighted by Gasteiger charge is -2.12. The summed E-state index contributed by atoms with van der Waals surface area (Å²) in [5, 5.41) is 4.89. The molecule has 0 aliphatic rings. The number of thioether (sulfide) groups is 1. The number of nitrogens with zero attached hydrogens (tertiary/aromatic N) is 2. The topological polar surface area (TPSA) is 46.9 Å².